The highest BCUT2D eigenvalue weighted by Crippen LogP contribution is 2.19. The van der Waals surface area contributed by atoms with E-state index in [-0.39, 0.29) is 11.9 Å². The van der Waals surface area contributed by atoms with E-state index in [4.69, 9.17) is 4.74 Å². The van der Waals surface area contributed by atoms with Crippen LogP contribution in [0.25, 0.3) is 0 Å². The van der Waals surface area contributed by atoms with Gasteiger partial charge < -0.3 is 10.1 Å². The molecular formula is C13H20FNO. The molecule has 2 nitrogen and oxygen atoms in total. The number of hydrogen-bond acceptors (Lipinski definition) is 2. The van der Waals surface area contributed by atoms with Crippen molar-refractivity contribution >= 4 is 0 Å². The average Bonchev–Trinajstić information content (AvgIpc) is 2.29. The fraction of sp³-hybridized carbons (Fsp3) is 0.538. The summed E-state index contributed by atoms with van der Waals surface area (Å²) in [5.74, 6) is -0.148. The summed E-state index contributed by atoms with van der Waals surface area (Å²) in [7, 11) is 0. The van der Waals surface area contributed by atoms with Gasteiger partial charge in [-0.05, 0) is 26.0 Å². The van der Waals surface area contributed by atoms with Gasteiger partial charge in [0.05, 0.1) is 0 Å². The van der Waals surface area contributed by atoms with E-state index in [0.29, 0.717) is 13.2 Å². The van der Waals surface area contributed by atoms with Gasteiger partial charge in [-0.2, -0.15) is 0 Å². The van der Waals surface area contributed by atoms with E-state index in [2.05, 4.69) is 5.32 Å². The zero-order chi connectivity index (χ0) is 11.8. The molecule has 0 bridgehead atoms. The summed E-state index contributed by atoms with van der Waals surface area (Å²) in [6.07, 6.45) is 0.794. The molecule has 0 aliphatic carbocycles. The molecule has 0 spiro atoms. The zero-order valence-electron chi connectivity index (χ0n) is 10.0. The maximum Gasteiger partial charge on any atom is 0.127 e. The second-order valence-corrected chi connectivity index (χ2v) is 3.62. The van der Waals surface area contributed by atoms with Crippen molar-refractivity contribution in [1.82, 2.24) is 5.32 Å². The molecule has 0 aliphatic heterocycles. The standard InChI is InChI=1S/C13H20FNO/c1-3-15-13(9-10-16-4-2)11-7-5-6-8-12(11)14/h5-8,13,15H,3-4,9-10H2,1-2H3. The Hall–Kier alpha value is -0.930. The predicted molar refractivity (Wildman–Crippen MR) is 63.9 cm³/mol. The lowest BCUT2D eigenvalue weighted by Gasteiger charge is -2.18. The third-order valence-corrected chi connectivity index (χ3v) is 2.49. The van der Waals surface area contributed by atoms with Crippen molar-refractivity contribution in [3.63, 3.8) is 0 Å². The average molecular weight is 225 g/mol. The fourth-order valence-corrected chi connectivity index (χ4v) is 1.72. The van der Waals surface area contributed by atoms with Crippen LogP contribution in [0.1, 0.15) is 31.9 Å². The number of nitrogens with one attached hydrogen (secondary N) is 1. The zero-order valence-corrected chi connectivity index (χ0v) is 10.0. The van der Waals surface area contributed by atoms with Crippen molar-refractivity contribution in [3.8, 4) is 0 Å². The van der Waals surface area contributed by atoms with Gasteiger partial charge >= 0.3 is 0 Å². The largest absolute Gasteiger partial charge is 0.382 e. The number of benzene rings is 1. The van der Waals surface area contributed by atoms with Crippen molar-refractivity contribution in [2.75, 3.05) is 19.8 Å². The van der Waals surface area contributed by atoms with Crippen molar-refractivity contribution in [3.05, 3.63) is 35.6 Å². The highest BCUT2D eigenvalue weighted by molar-refractivity contribution is 5.21. The molecule has 0 aromatic heterocycles. The molecule has 1 aromatic rings. The number of halogens is 1. The molecule has 90 valence electrons. The minimum Gasteiger partial charge on any atom is -0.382 e. The predicted octanol–water partition coefficient (Wildman–Crippen LogP) is 2.90. The summed E-state index contributed by atoms with van der Waals surface area (Å²) in [6.45, 7) is 6.17. The van der Waals surface area contributed by atoms with Crippen LogP contribution in [0.2, 0.25) is 0 Å². The van der Waals surface area contributed by atoms with Crippen LogP contribution in [0.15, 0.2) is 24.3 Å². The molecule has 1 rings (SSSR count). The Kier molecular flexibility index (Phi) is 6.04. The SMILES string of the molecule is CCNC(CCOCC)c1ccccc1F. The second-order valence-electron chi connectivity index (χ2n) is 3.62. The number of ether oxygens (including phenoxy) is 1. The van der Waals surface area contributed by atoms with Gasteiger partial charge in [-0.25, -0.2) is 4.39 Å². The lowest BCUT2D eigenvalue weighted by Crippen LogP contribution is -2.23. The van der Waals surface area contributed by atoms with Crippen LogP contribution in [0.4, 0.5) is 4.39 Å². The first kappa shape index (κ1) is 13.1. The maximum absolute atomic E-state index is 13.6. The molecule has 1 N–H and O–H groups in total. The van der Waals surface area contributed by atoms with Crippen LogP contribution in [0, 0.1) is 5.82 Å². The first-order valence-corrected chi connectivity index (χ1v) is 5.85. The molecule has 0 radical (unpaired) electrons. The third-order valence-electron chi connectivity index (χ3n) is 2.49. The van der Waals surface area contributed by atoms with Gasteiger partial charge in [0.1, 0.15) is 5.82 Å². The Labute approximate surface area is 96.8 Å². The molecule has 0 saturated carbocycles. The van der Waals surface area contributed by atoms with E-state index in [0.717, 1.165) is 18.5 Å². The van der Waals surface area contributed by atoms with Crippen molar-refractivity contribution in [1.29, 1.82) is 0 Å². The highest BCUT2D eigenvalue weighted by Gasteiger charge is 2.13. The van der Waals surface area contributed by atoms with E-state index >= 15 is 0 Å². The quantitative estimate of drug-likeness (QED) is 0.720. The minimum atomic E-state index is -0.148. The molecule has 3 heteroatoms. The molecule has 0 heterocycles. The van der Waals surface area contributed by atoms with Gasteiger partial charge in [-0.1, -0.05) is 25.1 Å². The molecule has 1 unspecified atom stereocenters. The lowest BCUT2D eigenvalue weighted by molar-refractivity contribution is 0.136. The number of hydrogen-bond donors (Lipinski definition) is 1. The highest BCUT2D eigenvalue weighted by atomic mass is 19.1. The molecule has 16 heavy (non-hydrogen) atoms. The Morgan fingerprint density at radius 1 is 1.31 bits per heavy atom. The van der Waals surface area contributed by atoms with Gasteiger partial charge in [0.15, 0.2) is 0 Å². The summed E-state index contributed by atoms with van der Waals surface area (Å²) >= 11 is 0. The van der Waals surface area contributed by atoms with E-state index in [9.17, 15) is 4.39 Å². The Bertz CT molecular complexity index is 304. The van der Waals surface area contributed by atoms with Crippen LogP contribution in [-0.4, -0.2) is 19.8 Å². The smallest absolute Gasteiger partial charge is 0.127 e. The normalized spacial score (nSPS) is 12.7. The molecule has 0 saturated heterocycles. The van der Waals surface area contributed by atoms with Crippen LogP contribution in [0.5, 0.6) is 0 Å². The van der Waals surface area contributed by atoms with Crippen LogP contribution in [-0.2, 0) is 4.74 Å². The van der Waals surface area contributed by atoms with Gasteiger partial charge in [-0.3, -0.25) is 0 Å². The summed E-state index contributed by atoms with van der Waals surface area (Å²) < 4.78 is 18.9. The molecular weight excluding hydrogens is 205 g/mol. The van der Waals surface area contributed by atoms with Crippen LogP contribution >= 0.6 is 0 Å². The summed E-state index contributed by atoms with van der Waals surface area (Å²) in [5.41, 5.74) is 0.726. The van der Waals surface area contributed by atoms with Crippen LogP contribution in [0.3, 0.4) is 0 Å². The molecule has 0 aliphatic rings. The summed E-state index contributed by atoms with van der Waals surface area (Å²) in [6, 6.07) is 6.95. The van der Waals surface area contributed by atoms with Crippen molar-refractivity contribution in [2.24, 2.45) is 0 Å². The second kappa shape index (κ2) is 7.36. The first-order chi connectivity index (χ1) is 7.79. The Morgan fingerprint density at radius 3 is 2.69 bits per heavy atom. The lowest BCUT2D eigenvalue weighted by atomic mass is 10.0. The molecule has 0 amide bonds. The maximum atomic E-state index is 13.6. The Morgan fingerprint density at radius 2 is 2.06 bits per heavy atom. The Balaban J connectivity index is 2.65. The van der Waals surface area contributed by atoms with Crippen LogP contribution < -0.4 is 5.32 Å². The molecule has 1 aromatic carbocycles. The number of rotatable bonds is 7. The van der Waals surface area contributed by atoms with Gasteiger partial charge in [0.2, 0.25) is 0 Å². The van der Waals surface area contributed by atoms with E-state index < -0.39 is 0 Å². The van der Waals surface area contributed by atoms with Gasteiger partial charge in [0.25, 0.3) is 0 Å². The fourth-order valence-electron chi connectivity index (χ4n) is 1.72. The molecule has 0 fully saturated rings. The third kappa shape index (κ3) is 3.91. The van der Waals surface area contributed by atoms with Gasteiger partial charge in [0, 0.05) is 24.8 Å². The summed E-state index contributed by atoms with van der Waals surface area (Å²) in [5, 5.41) is 3.28. The molecule has 1 atom stereocenters. The van der Waals surface area contributed by atoms with Gasteiger partial charge in [-0.15, -0.1) is 0 Å². The van der Waals surface area contributed by atoms with E-state index in [1.165, 1.54) is 6.07 Å². The van der Waals surface area contributed by atoms with Crippen molar-refractivity contribution < 1.29 is 9.13 Å². The monoisotopic (exact) mass is 225 g/mol. The first-order valence-electron chi connectivity index (χ1n) is 5.85. The van der Waals surface area contributed by atoms with E-state index in [1.807, 2.05) is 26.0 Å². The summed E-state index contributed by atoms with van der Waals surface area (Å²) in [4.78, 5) is 0. The minimum absolute atomic E-state index is 0.0396. The van der Waals surface area contributed by atoms with Crippen molar-refractivity contribution in [2.45, 2.75) is 26.3 Å². The van der Waals surface area contributed by atoms with E-state index in [1.54, 1.807) is 6.07 Å². The topological polar surface area (TPSA) is 21.3 Å².